The minimum atomic E-state index is 0.676. The largest absolute Gasteiger partial charge is 0.392 e. The summed E-state index contributed by atoms with van der Waals surface area (Å²) in [4.78, 5) is 5.09. The first kappa shape index (κ1) is 10.6. The summed E-state index contributed by atoms with van der Waals surface area (Å²) in [7, 11) is 0. The number of hydrogen-bond donors (Lipinski definition) is 0. The van der Waals surface area contributed by atoms with Crippen molar-refractivity contribution in [2.24, 2.45) is 5.16 Å². The fraction of sp³-hybridized carbons (Fsp3) is 0.462. The molecule has 3 rings (SSSR count). The molecule has 4 nitrogen and oxygen atoms in total. The van der Waals surface area contributed by atoms with Crippen molar-refractivity contribution in [3.05, 3.63) is 35.4 Å². The van der Waals surface area contributed by atoms with E-state index in [1.165, 1.54) is 11.1 Å². The maximum atomic E-state index is 5.09. The Kier molecular flexibility index (Phi) is 2.73. The minimum absolute atomic E-state index is 0.676. The Hall–Kier alpha value is -1.55. The molecule has 2 heterocycles. The first-order chi connectivity index (χ1) is 8.34. The Balaban J connectivity index is 1.80. The molecule has 0 amide bonds. The van der Waals surface area contributed by atoms with Crippen molar-refractivity contribution in [2.45, 2.75) is 19.9 Å². The van der Waals surface area contributed by atoms with E-state index in [-0.39, 0.29) is 0 Å². The van der Waals surface area contributed by atoms with E-state index in [1.54, 1.807) is 0 Å². The van der Waals surface area contributed by atoms with Crippen molar-refractivity contribution in [1.29, 1.82) is 0 Å². The molecule has 1 aromatic carbocycles. The highest BCUT2D eigenvalue weighted by molar-refractivity contribution is 5.79. The van der Waals surface area contributed by atoms with Crippen molar-refractivity contribution in [1.82, 2.24) is 10.0 Å². The van der Waals surface area contributed by atoms with Gasteiger partial charge in [0, 0.05) is 13.1 Å². The molecule has 0 unspecified atom stereocenters. The van der Waals surface area contributed by atoms with Gasteiger partial charge in [-0.15, -0.1) is 0 Å². The Morgan fingerprint density at radius 3 is 2.82 bits per heavy atom. The maximum Gasteiger partial charge on any atom is 0.155 e. The van der Waals surface area contributed by atoms with Crippen LogP contribution in [0.5, 0.6) is 0 Å². The Morgan fingerprint density at radius 2 is 2.00 bits per heavy atom. The number of oxime groups is 1. The van der Waals surface area contributed by atoms with Crippen LogP contribution in [-0.4, -0.2) is 35.5 Å². The molecular weight excluding hydrogens is 214 g/mol. The summed E-state index contributed by atoms with van der Waals surface area (Å²) < 4.78 is 0. The van der Waals surface area contributed by atoms with Gasteiger partial charge in [0.25, 0.3) is 0 Å². The molecule has 0 aliphatic carbocycles. The third-order valence-corrected chi connectivity index (χ3v) is 3.42. The van der Waals surface area contributed by atoms with Gasteiger partial charge in [0.1, 0.15) is 6.61 Å². The highest BCUT2D eigenvalue weighted by Gasteiger charge is 2.24. The van der Waals surface area contributed by atoms with Crippen LogP contribution >= 0.6 is 0 Å². The van der Waals surface area contributed by atoms with E-state index in [1.807, 2.05) is 6.92 Å². The van der Waals surface area contributed by atoms with Crippen LogP contribution in [0, 0.1) is 0 Å². The minimum Gasteiger partial charge on any atom is -0.392 e. The normalized spacial score (nSPS) is 20.5. The molecule has 0 aromatic heterocycles. The summed E-state index contributed by atoms with van der Waals surface area (Å²) in [6, 6.07) is 8.68. The molecule has 0 radical (unpaired) electrons. The summed E-state index contributed by atoms with van der Waals surface area (Å²) >= 11 is 0. The van der Waals surface area contributed by atoms with E-state index in [2.05, 4.69) is 39.4 Å². The van der Waals surface area contributed by atoms with Crippen LogP contribution in [0.2, 0.25) is 0 Å². The van der Waals surface area contributed by atoms with Crippen LogP contribution in [0.4, 0.5) is 0 Å². The van der Waals surface area contributed by atoms with Gasteiger partial charge in [0.05, 0.1) is 6.54 Å². The molecule has 2 aliphatic rings. The molecule has 4 heteroatoms. The summed E-state index contributed by atoms with van der Waals surface area (Å²) in [6.07, 6.45) is 1.11. The van der Waals surface area contributed by atoms with E-state index in [0.29, 0.717) is 6.61 Å². The Labute approximate surface area is 101 Å². The van der Waals surface area contributed by atoms with E-state index in [0.717, 1.165) is 31.9 Å². The molecule has 0 fully saturated rings. The lowest BCUT2D eigenvalue weighted by atomic mass is 10.0. The fourth-order valence-electron chi connectivity index (χ4n) is 2.51. The first-order valence-corrected chi connectivity index (χ1v) is 6.10. The SMILES string of the molecule is CC1=NOCCN1N1CCc2ccccc2C1. The van der Waals surface area contributed by atoms with Gasteiger partial charge in [-0.3, -0.25) is 5.01 Å². The third kappa shape index (κ3) is 2.00. The number of amidine groups is 1. The predicted octanol–water partition coefficient (Wildman–Crippen LogP) is 1.63. The lowest BCUT2D eigenvalue weighted by Gasteiger charge is -2.40. The molecule has 2 aliphatic heterocycles. The Bertz CT molecular complexity index is 444. The lowest BCUT2D eigenvalue weighted by Crippen LogP contribution is -2.50. The molecule has 90 valence electrons. The monoisotopic (exact) mass is 231 g/mol. The number of hydrogen-bond acceptors (Lipinski definition) is 4. The average molecular weight is 231 g/mol. The molecule has 0 saturated heterocycles. The van der Waals surface area contributed by atoms with Gasteiger partial charge in [0.2, 0.25) is 0 Å². The topological polar surface area (TPSA) is 28.1 Å². The summed E-state index contributed by atoms with van der Waals surface area (Å²) in [5.41, 5.74) is 2.91. The van der Waals surface area contributed by atoms with Crippen molar-refractivity contribution in [3.8, 4) is 0 Å². The van der Waals surface area contributed by atoms with E-state index in [9.17, 15) is 0 Å². The van der Waals surface area contributed by atoms with Crippen LogP contribution in [0.3, 0.4) is 0 Å². The van der Waals surface area contributed by atoms with Crippen LogP contribution < -0.4 is 0 Å². The fourth-order valence-corrected chi connectivity index (χ4v) is 2.51. The standard InChI is InChI=1S/C13H17N3O/c1-11-14-17-9-8-16(11)15-7-6-12-4-2-3-5-13(12)10-15/h2-5H,6-10H2,1H3. The quantitative estimate of drug-likeness (QED) is 0.735. The first-order valence-electron chi connectivity index (χ1n) is 6.10. The van der Waals surface area contributed by atoms with Gasteiger partial charge in [-0.2, -0.15) is 0 Å². The van der Waals surface area contributed by atoms with E-state index < -0.39 is 0 Å². The van der Waals surface area contributed by atoms with Crippen LogP contribution in [0.25, 0.3) is 0 Å². The van der Waals surface area contributed by atoms with Gasteiger partial charge >= 0.3 is 0 Å². The number of nitrogens with zero attached hydrogens (tertiary/aromatic N) is 3. The van der Waals surface area contributed by atoms with Gasteiger partial charge in [-0.1, -0.05) is 29.4 Å². The van der Waals surface area contributed by atoms with E-state index >= 15 is 0 Å². The summed E-state index contributed by atoms with van der Waals surface area (Å²) in [5.74, 6) is 0.954. The summed E-state index contributed by atoms with van der Waals surface area (Å²) in [5, 5.41) is 8.64. The third-order valence-electron chi connectivity index (χ3n) is 3.42. The van der Waals surface area contributed by atoms with Crippen LogP contribution in [0.1, 0.15) is 18.1 Å². The van der Waals surface area contributed by atoms with E-state index in [4.69, 9.17) is 4.84 Å². The zero-order valence-corrected chi connectivity index (χ0v) is 10.1. The number of rotatable bonds is 1. The summed E-state index contributed by atoms with van der Waals surface area (Å²) in [6.45, 7) is 5.61. The zero-order valence-electron chi connectivity index (χ0n) is 10.1. The van der Waals surface area contributed by atoms with Crippen LogP contribution in [-0.2, 0) is 17.8 Å². The Morgan fingerprint density at radius 1 is 1.18 bits per heavy atom. The van der Waals surface area contributed by atoms with Gasteiger partial charge < -0.3 is 4.84 Å². The predicted molar refractivity (Wildman–Crippen MR) is 66.3 cm³/mol. The number of hydrazine groups is 1. The molecule has 0 N–H and O–H groups in total. The van der Waals surface area contributed by atoms with Crippen molar-refractivity contribution in [2.75, 3.05) is 19.7 Å². The molecular formula is C13H17N3O. The molecule has 0 spiro atoms. The van der Waals surface area contributed by atoms with Crippen molar-refractivity contribution in [3.63, 3.8) is 0 Å². The van der Waals surface area contributed by atoms with Gasteiger partial charge in [0.15, 0.2) is 5.84 Å². The highest BCUT2D eigenvalue weighted by atomic mass is 16.6. The average Bonchev–Trinajstić information content (AvgIpc) is 2.39. The molecule has 0 bridgehead atoms. The maximum absolute atomic E-state index is 5.09. The molecule has 17 heavy (non-hydrogen) atoms. The number of fused-ring (bicyclic) bond motifs is 1. The zero-order chi connectivity index (χ0) is 11.7. The van der Waals surface area contributed by atoms with Crippen molar-refractivity contribution < 1.29 is 4.84 Å². The van der Waals surface area contributed by atoms with Crippen LogP contribution in [0.15, 0.2) is 29.4 Å². The smallest absolute Gasteiger partial charge is 0.155 e. The molecule has 0 atom stereocenters. The highest BCUT2D eigenvalue weighted by Crippen LogP contribution is 2.20. The van der Waals surface area contributed by atoms with Crippen molar-refractivity contribution >= 4 is 5.84 Å². The van der Waals surface area contributed by atoms with Gasteiger partial charge in [-0.25, -0.2) is 5.01 Å². The second kappa shape index (κ2) is 4.37. The van der Waals surface area contributed by atoms with Gasteiger partial charge in [-0.05, 0) is 24.5 Å². The molecule has 0 saturated carbocycles. The lowest BCUT2D eigenvalue weighted by molar-refractivity contribution is -0.0199. The second-order valence-electron chi connectivity index (χ2n) is 4.50. The second-order valence-corrected chi connectivity index (χ2v) is 4.50. The molecule has 1 aromatic rings. The number of benzene rings is 1.